The van der Waals surface area contributed by atoms with Crippen molar-refractivity contribution >= 4 is 44.2 Å². The highest BCUT2D eigenvalue weighted by molar-refractivity contribution is 7.08. The Morgan fingerprint density at radius 3 is 1.02 bits per heavy atom. The monoisotopic (exact) mass is 736 g/mol. The first-order chi connectivity index (χ1) is 26.3. The zero-order valence-electron chi connectivity index (χ0n) is 32.2. The van der Waals surface area contributed by atoms with Crippen molar-refractivity contribution in [3.63, 3.8) is 0 Å². The molecule has 0 spiro atoms. The van der Waals surface area contributed by atoms with Gasteiger partial charge in [0.2, 0.25) is 0 Å². The maximum Gasteiger partial charge on any atom is 0.0215 e. The van der Waals surface area contributed by atoms with E-state index in [4.69, 9.17) is 0 Å². The van der Waals surface area contributed by atoms with E-state index < -0.39 is 0 Å². The summed E-state index contributed by atoms with van der Waals surface area (Å²) in [6, 6.07) is 48.1. The van der Waals surface area contributed by atoms with Gasteiger partial charge in [0.25, 0.3) is 0 Å². The number of benzene rings is 5. The summed E-state index contributed by atoms with van der Waals surface area (Å²) < 4.78 is 0. The van der Waals surface area contributed by atoms with E-state index in [1.54, 1.807) is 33.8 Å². The largest absolute Gasteiger partial charge is 0.152 e. The van der Waals surface area contributed by atoms with Gasteiger partial charge in [0.15, 0.2) is 0 Å². The molecule has 0 saturated heterocycles. The molecule has 2 heteroatoms. The Bertz CT molecular complexity index is 1740. The molecule has 0 bridgehead atoms. The third-order valence-corrected chi connectivity index (χ3v) is 11.8. The molecule has 0 saturated carbocycles. The van der Waals surface area contributed by atoms with Crippen LogP contribution in [0.15, 0.2) is 155 Å². The van der Waals surface area contributed by atoms with Gasteiger partial charge in [0, 0.05) is 5.41 Å². The molecule has 2 aromatic heterocycles. The second-order valence-electron chi connectivity index (χ2n) is 14.3. The fraction of sp³-hybridized carbons (Fsp3) is 0.333. The molecule has 2 heterocycles. The smallest absolute Gasteiger partial charge is 0.0215 e. The molecular weight excluding hydrogens is 677 g/mol. The Hall–Kier alpha value is -3.98. The Morgan fingerprint density at radius 1 is 0.358 bits per heavy atom. The van der Waals surface area contributed by atoms with Crippen LogP contribution in [0.1, 0.15) is 115 Å². The third-order valence-electron chi connectivity index (χ3n) is 10.6. The molecule has 0 unspecified atom stereocenters. The standard InChI is InChI=1S/C29H42.C14H10.2C4H4S/c1-3-5-7-9-11-17-23-29(24-18-12-10-8-6-4-2)27-21-15-13-19-25(27)26-20-14-16-22-28(26)29;1-2-6-12-10-14-8-4-3-7-13(14)9-11(12)5-1;2*1-2-4-5-3-1/h13-16,19-22H,3-12,17-18,23-24H2,1-2H3;1-10H;2*1-4H. The summed E-state index contributed by atoms with van der Waals surface area (Å²) in [5.41, 5.74) is 6.48. The van der Waals surface area contributed by atoms with E-state index >= 15 is 0 Å². The molecule has 53 heavy (non-hydrogen) atoms. The molecule has 8 rings (SSSR count). The van der Waals surface area contributed by atoms with Gasteiger partial charge in [-0.25, -0.2) is 0 Å². The Kier molecular flexibility index (Phi) is 17.4. The molecule has 0 N–H and O–H groups in total. The molecule has 0 atom stereocenters. The van der Waals surface area contributed by atoms with Crippen molar-refractivity contribution in [3.8, 4) is 11.1 Å². The lowest BCUT2D eigenvalue weighted by molar-refractivity contribution is 0.398. The summed E-state index contributed by atoms with van der Waals surface area (Å²) in [5.74, 6) is 0. The number of unbranched alkanes of at least 4 members (excludes halogenated alkanes) is 10. The van der Waals surface area contributed by atoms with Crippen molar-refractivity contribution < 1.29 is 0 Å². The number of thiophene rings is 2. The fourth-order valence-electron chi connectivity index (χ4n) is 7.83. The lowest BCUT2D eigenvalue weighted by Gasteiger charge is -2.33. The van der Waals surface area contributed by atoms with Crippen LogP contribution in [0.3, 0.4) is 0 Å². The van der Waals surface area contributed by atoms with Gasteiger partial charge >= 0.3 is 0 Å². The van der Waals surface area contributed by atoms with E-state index in [9.17, 15) is 0 Å². The first kappa shape index (κ1) is 40.2. The molecule has 1 aliphatic carbocycles. The minimum atomic E-state index is 0.253. The Balaban J connectivity index is 0.000000181. The minimum absolute atomic E-state index is 0.253. The van der Waals surface area contributed by atoms with Gasteiger partial charge in [0.05, 0.1) is 0 Å². The number of fused-ring (bicyclic) bond motifs is 5. The van der Waals surface area contributed by atoms with Crippen molar-refractivity contribution in [2.24, 2.45) is 0 Å². The van der Waals surface area contributed by atoms with Crippen molar-refractivity contribution in [2.75, 3.05) is 0 Å². The average Bonchev–Trinajstić information content (AvgIpc) is 4.03. The SMILES string of the molecule is CCCCCCCCC1(CCCCCCCC)c2ccccc2-c2ccccc21.c1ccc2cc3ccccc3cc2c1.c1ccsc1.c1ccsc1. The lowest BCUT2D eigenvalue weighted by atomic mass is 9.70. The van der Waals surface area contributed by atoms with Gasteiger partial charge in [-0.1, -0.05) is 212 Å². The van der Waals surface area contributed by atoms with Crippen LogP contribution in [0.4, 0.5) is 0 Å². The van der Waals surface area contributed by atoms with E-state index in [2.05, 4.69) is 123 Å². The fourth-order valence-corrected chi connectivity index (χ4v) is 8.74. The predicted octanol–water partition coefficient (Wildman–Crippen LogP) is 16.9. The number of hydrogen-bond acceptors (Lipinski definition) is 2. The maximum absolute atomic E-state index is 2.43. The van der Waals surface area contributed by atoms with Crippen molar-refractivity contribution in [2.45, 2.75) is 109 Å². The molecule has 7 aromatic rings. The molecule has 0 nitrogen and oxygen atoms in total. The second kappa shape index (κ2) is 22.9. The highest BCUT2D eigenvalue weighted by Gasteiger charge is 2.41. The highest BCUT2D eigenvalue weighted by atomic mass is 32.1. The molecule has 0 radical (unpaired) electrons. The molecule has 0 fully saturated rings. The summed E-state index contributed by atoms with van der Waals surface area (Å²) in [6.45, 7) is 4.61. The van der Waals surface area contributed by atoms with E-state index in [1.165, 1.54) is 123 Å². The van der Waals surface area contributed by atoms with Crippen LogP contribution < -0.4 is 0 Å². The summed E-state index contributed by atoms with van der Waals surface area (Å²) >= 11 is 3.43. The number of hydrogen-bond donors (Lipinski definition) is 0. The van der Waals surface area contributed by atoms with Gasteiger partial charge in [-0.15, -0.1) is 0 Å². The molecule has 276 valence electrons. The van der Waals surface area contributed by atoms with Gasteiger partial charge in [0.1, 0.15) is 0 Å². The van der Waals surface area contributed by atoms with Crippen LogP contribution in [0, 0.1) is 0 Å². The van der Waals surface area contributed by atoms with E-state index in [-0.39, 0.29) is 5.41 Å². The summed E-state index contributed by atoms with van der Waals surface area (Å²) in [7, 11) is 0. The predicted molar refractivity (Wildman–Crippen MR) is 239 cm³/mol. The van der Waals surface area contributed by atoms with Crippen molar-refractivity contribution in [1.82, 2.24) is 0 Å². The van der Waals surface area contributed by atoms with Crippen LogP contribution in [0.25, 0.3) is 32.7 Å². The maximum atomic E-state index is 2.43. The Labute approximate surface area is 329 Å². The summed E-state index contributed by atoms with van der Waals surface area (Å²) in [5, 5.41) is 13.4. The van der Waals surface area contributed by atoms with Gasteiger partial charge in [-0.3, -0.25) is 0 Å². The molecular formula is C51H60S2. The number of rotatable bonds is 14. The van der Waals surface area contributed by atoms with E-state index in [1.807, 2.05) is 45.8 Å². The van der Waals surface area contributed by atoms with E-state index in [0.29, 0.717) is 0 Å². The van der Waals surface area contributed by atoms with Gasteiger partial charge in [-0.05, 0) is 90.3 Å². The lowest BCUT2D eigenvalue weighted by Crippen LogP contribution is -2.25. The van der Waals surface area contributed by atoms with Crippen LogP contribution in [-0.2, 0) is 5.41 Å². The third kappa shape index (κ3) is 12.0. The highest BCUT2D eigenvalue weighted by Crippen LogP contribution is 2.54. The minimum Gasteiger partial charge on any atom is -0.152 e. The van der Waals surface area contributed by atoms with Crippen molar-refractivity contribution in [1.29, 1.82) is 0 Å². The Morgan fingerprint density at radius 2 is 0.679 bits per heavy atom. The van der Waals surface area contributed by atoms with Gasteiger partial charge < -0.3 is 0 Å². The zero-order chi connectivity index (χ0) is 36.8. The van der Waals surface area contributed by atoms with Crippen LogP contribution in [0.5, 0.6) is 0 Å². The van der Waals surface area contributed by atoms with Crippen LogP contribution >= 0.6 is 22.7 Å². The van der Waals surface area contributed by atoms with E-state index in [0.717, 1.165) is 0 Å². The van der Waals surface area contributed by atoms with Gasteiger partial charge in [-0.2, -0.15) is 22.7 Å². The molecule has 1 aliphatic rings. The molecule has 5 aromatic carbocycles. The average molecular weight is 737 g/mol. The first-order valence-electron chi connectivity index (χ1n) is 20.3. The van der Waals surface area contributed by atoms with Crippen molar-refractivity contribution in [3.05, 3.63) is 166 Å². The molecule has 0 amide bonds. The molecule has 0 aliphatic heterocycles. The second-order valence-corrected chi connectivity index (χ2v) is 16.0. The first-order valence-corrected chi connectivity index (χ1v) is 22.2. The normalized spacial score (nSPS) is 12.0. The topological polar surface area (TPSA) is 0 Å². The van der Waals surface area contributed by atoms with Crippen LogP contribution in [0.2, 0.25) is 0 Å². The summed E-state index contributed by atoms with van der Waals surface area (Å²) in [4.78, 5) is 0. The quantitative estimate of drug-likeness (QED) is 0.0770. The summed E-state index contributed by atoms with van der Waals surface area (Å²) in [6.07, 6.45) is 19.3. The zero-order valence-corrected chi connectivity index (χ0v) is 33.9. The van der Waals surface area contributed by atoms with Crippen LogP contribution in [-0.4, -0.2) is 0 Å².